The number of esters is 1. The minimum Gasteiger partial charge on any atom is -0.491 e. The summed E-state index contributed by atoms with van der Waals surface area (Å²) in [7, 11) is 3.06. The maximum Gasteiger partial charge on any atom is 0.340 e. The van der Waals surface area contributed by atoms with Gasteiger partial charge in [-0.15, -0.1) is 0 Å². The van der Waals surface area contributed by atoms with Crippen LogP contribution in [0.5, 0.6) is 11.5 Å². The summed E-state index contributed by atoms with van der Waals surface area (Å²) < 4.78 is 20.3. The number of carbonyl (C=O) groups is 1. The normalized spacial score (nSPS) is 11.9. The van der Waals surface area contributed by atoms with Crippen LogP contribution >= 0.6 is 0 Å². The summed E-state index contributed by atoms with van der Waals surface area (Å²) in [6, 6.07) is 6.87. The molecule has 1 atom stereocenters. The number of ether oxygens (including phenoxy) is 4. The molecule has 100 valence electrons. The van der Waals surface area contributed by atoms with Crippen molar-refractivity contribution in [2.75, 3.05) is 27.4 Å². The van der Waals surface area contributed by atoms with Crippen molar-refractivity contribution >= 4 is 5.97 Å². The van der Waals surface area contributed by atoms with Gasteiger partial charge in [-0.05, 0) is 19.1 Å². The summed E-state index contributed by atoms with van der Waals surface area (Å²) in [4.78, 5) is 11.5. The van der Waals surface area contributed by atoms with E-state index in [-0.39, 0.29) is 0 Å². The Kier molecular flexibility index (Phi) is 6.18. The first kappa shape index (κ1) is 14.5. The van der Waals surface area contributed by atoms with E-state index in [0.717, 1.165) is 0 Å². The van der Waals surface area contributed by atoms with Crippen LogP contribution in [0.25, 0.3) is 0 Å². The molecule has 0 N–H and O–H groups in total. The average Bonchev–Trinajstić information content (AvgIpc) is 2.38. The van der Waals surface area contributed by atoms with Gasteiger partial charge in [-0.2, -0.15) is 0 Å². The van der Waals surface area contributed by atoms with E-state index in [1.54, 1.807) is 38.3 Å². The zero-order valence-electron chi connectivity index (χ0n) is 10.8. The van der Waals surface area contributed by atoms with Crippen LogP contribution < -0.4 is 9.47 Å². The van der Waals surface area contributed by atoms with E-state index in [2.05, 4.69) is 0 Å². The average molecular weight is 254 g/mol. The minimum atomic E-state index is -0.594. The monoisotopic (exact) mass is 254 g/mol. The van der Waals surface area contributed by atoms with E-state index in [1.165, 1.54) is 7.11 Å². The second-order valence-corrected chi connectivity index (χ2v) is 3.62. The number of hydrogen-bond acceptors (Lipinski definition) is 5. The highest BCUT2D eigenvalue weighted by Gasteiger charge is 2.14. The van der Waals surface area contributed by atoms with Crippen molar-refractivity contribution in [1.29, 1.82) is 0 Å². The van der Waals surface area contributed by atoms with Crippen LogP contribution in [-0.2, 0) is 14.3 Å². The SMILES string of the molecule is COCCOc1cccc(OC(=O)C(C)OC)c1. The van der Waals surface area contributed by atoms with Gasteiger partial charge in [0.25, 0.3) is 0 Å². The van der Waals surface area contributed by atoms with Crippen LogP contribution in [0, 0.1) is 0 Å². The summed E-state index contributed by atoms with van der Waals surface area (Å²) in [6.07, 6.45) is -0.594. The summed E-state index contributed by atoms with van der Waals surface area (Å²) in [5.41, 5.74) is 0. The smallest absolute Gasteiger partial charge is 0.340 e. The van der Waals surface area contributed by atoms with Gasteiger partial charge in [0, 0.05) is 20.3 Å². The largest absolute Gasteiger partial charge is 0.491 e. The molecule has 1 unspecified atom stereocenters. The van der Waals surface area contributed by atoms with Crippen molar-refractivity contribution in [2.24, 2.45) is 0 Å². The fraction of sp³-hybridized carbons (Fsp3) is 0.462. The number of hydrogen-bond donors (Lipinski definition) is 0. The highest BCUT2D eigenvalue weighted by Crippen LogP contribution is 2.19. The summed E-state index contributed by atoms with van der Waals surface area (Å²) in [6.45, 7) is 2.58. The fourth-order valence-electron chi connectivity index (χ4n) is 1.17. The van der Waals surface area contributed by atoms with Gasteiger partial charge in [0.1, 0.15) is 18.1 Å². The molecule has 0 fully saturated rings. The molecule has 0 aliphatic rings. The van der Waals surface area contributed by atoms with Gasteiger partial charge < -0.3 is 18.9 Å². The Morgan fingerprint density at radius 2 is 1.94 bits per heavy atom. The molecule has 18 heavy (non-hydrogen) atoms. The second-order valence-electron chi connectivity index (χ2n) is 3.62. The Balaban J connectivity index is 2.56. The molecule has 0 spiro atoms. The zero-order valence-corrected chi connectivity index (χ0v) is 10.8. The molecule has 0 bridgehead atoms. The molecular weight excluding hydrogens is 236 g/mol. The maximum absolute atomic E-state index is 11.5. The Morgan fingerprint density at radius 3 is 2.61 bits per heavy atom. The first-order valence-electron chi connectivity index (χ1n) is 5.63. The third-order valence-electron chi connectivity index (χ3n) is 2.27. The molecule has 0 amide bonds. The number of carbonyl (C=O) groups excluding carboxylic acids is 1. The van der Waals surface area contributed by atoms with Crippen molar-refractivity contribution in [3.63, 3.8) is 0 Å². The van der Waals surface area contributed by atoms with Gasteiger partial charge >= 0.3 is 5.97 Å². The highest BCUT2D eigenvalue weighted by atomic mass is 16.6. The van der Waals surface area contributed by atoms with Crippen LogP contribution in [-0.4, -0.2) is 39.5 Å². The van der Waals surface area contributed by atoms with Gasteiger partial charge in [-0.1, -0.05) is 6.07 Å². The first-order valence-corrected chi connectivity index (χ1v) is 5.63. The molecule has 0 aliphatic heterocycles. The van der Waals surface area contributed by atoms with Gasteiger partial charge in [0.15, 0.2) is 6.10 Å². The lowest BCUT2D eigenvalue weighted by molar-refractivity contribution is -0.144. The van der Waals surface area contributed by atoms with Gasteiger partial charge in [0.05, 0.1) is 6.61 Å². The fourth-order valence-corrected chi connectivity index (χ4v) is 1.17. The van der Waals surface area contributed by atoms with Crippen LogP contribution in [0.3, 0.4) is 0 Å². The van der Waals surface area contributed by atoms with Crippen molar-refractivity contribution < 1.29 is 23.7 Å². The highest BCUT2D eigenvalue weighted by molar-refractivity contribution is 5.76. The third-order valence-corrected chi connectivity index (χ3v) is 2.27. The quantitative estimate of drug-likeness (QED) is 0.421. The molecule has 0 saturated heterocycles. The number of methoxy groups -OCH3 is 2. The lowest BCUT2D eigenvalue weighted by Gasteiger charge is -2.10. The number of benzene rings is 1. The van der Waals surface area contributed by atoms with Crippen LogP contribution in [0.1, 0.15) is 6.92 Å². The van der Waals surface area contributed by atoms with Crippen molar-refractivity contribution in [3.8, 4) is 11.5 Å². The molecule has 1 rings (SSSR count). The molecule has 0 aromatic heterocycles. The third kappa shape index (κ3) is 4.73. The molecular formula is C13H18O5. The van der Waals surface area contributed by atoms with E-state index < -0.39 is 12.1 Å². The van der Waals surface area contributed by atoms with Crippen molar-refractivity contribution in [1.82, 2.24) is 0 Å². The Bertz CT molecular complexity index is 377. The minimum absolute atomic E-state index is 0.429. The van der Waals surface area contributed by atoms with Crippen LogP contribution in [0.2, 0.25) is 0 Å². The van der Waals surface area contributed by atoms with Crippen molar-refractivity contribution in [3.05, 3.63) is 24.3 Å². The molecule has 0 saturated carbocycles. The predicted molar refractivity (Wildman–Crippen MR) is 65.9 cm³/mol. The maximum atomic E-state index is 11.5. The molecule has 5 heteroatoms. The van der Waals surface area contributed by atoms with E-state index in [1.807, 2.05) is 0 Å². The molecule has 0 aliphatic carbocycles. The van der Waals surface area contributed by atoms with Gasteiger partial charge in [-0.25, -0.2) is 4.79 Å². The Labute approximate surface area is 107 Å². The summed E-state index contributed by atoms with van der Waals surface area (Å²) >= 11 is 0. The van der Waals surface area contributed by atoms with E-state index in [4.69, 9.17) is 18.9 Å². The summed E-state index contributed by atoms with van der Waals surface area (Å²) in [5, 5.41) is 0. The van der Waals surface area contributed by atoms with E-state index in [9.17, 15) is 4.79 Å². The lowest BCUT2D eigenvalue weighted by Crippen LogP contribution is -2.24. The second kappa shape index (κ2) is 7.68. The Morgan fingerprint density at radius 1 is 1.22 bits per heavy atom. The molecule has 0 heterocycles. The molecule has 0 radical (unpaired) electrons. The van der Waals surface area contributed by atoms with E-state index in [0.29, 0.717) is 24.7 Å². The van der Waals surface area contributed by atoms with E-state index >= 15 is 0 Å². The first-order chi connectivity index (χ1) is 8.67. The van der Waals surface area contributed by atoms with Gasteiger partial charge in [-0.3, -0.25) is 0 Å². The topological polar surface area (TPSA) is 54.0 Å². The lowest BCUT2D eigenvalue weighted by atomic mass is 10.3. The Hall–Kier alpha value is -1.59. The van der Waals surface area contributed by atoms with Gasteiger partial charge in [0.2, 0.25) is 0 Å². The summed E-state index contributed by atoms with van der Waals surface area (Å²) in [5.74, 6) is 0.618. The predicted octanol–water partition coefficient (Wildman–Crippen LogP) is 1.65. The standard InChI is InChI=1S/C13H18O5/c1-10(16-3)13(14)18-12-6-4-5-11(9-12)17-8-7-15-2/h4-6,9-10H,7-8H2,1-3H3. The molecule has 1 aromatic rings. The molecule has 1 aromatic carbocycles. The number of rotatable bonds is 7. The molecule has 5 nitrogen and oxygen atoms in total. The van der Waals surface area contributed by atoms with Crippen molar-refractivity contribution in [2.45, 2.75) is 13.0 Å². The zero-order chi connectivity index (χ0) is 13.4. The van der Waals surface area contributed by atoms with Crippen LogP contribution in [0.15, 0.2) is 24.3 Å². The van der Waals surface area contributed by atoms with Crippen LogP contribution in [0.4, 0.5) is 0 Å².